The normalized spacial score (nSPS) is 12.1. The van der Waals surface area contributed by atoms with Crippen molar-refractivity contribution >= 4 is 22.6 Å². The molecule has 0 N–H and O–H groups in total. The zero-order valence-corrected chi connectivity index (χ0v) is 13.3. The minimum absolute atomic E-state index is 0.291. The van der Waals surface area contributed by atoms with Gasteiger partial charge in [-0.25, -0.2) is 4.98 Å². The highest BCUT2D eigenvalue weighted by Crippen LogP contribution is 2.37. The first-order valence-electron chi connectivity index (χ1n) is 7.16. The fourth-order valence-corrected chi connectivity index (χ4v) is 2.85. The van der Waals surface area contributed by atoms with Crippen molar-refractivity contribution < 1.29 is 13.2 Å². The lowest BCUT2D eigenvalue weighted by Gasteiger charge is -2.11. The number of benzene rings is 2. The summed E-state index contributed by atoms with van der Waals surface area (Å²) in [6.45, 7) is 3.89. The van der Waals surface area contributed by atoms with Crippen LogP contribution >= 0.6 is 11.6 Å². The van der Waals surface area contributed by atoms with Gasteiger partial charge in [0.1, 0.15) is 5.82 Å². The number of nitrogens with zero attached hydrogens (tertiary/aromatic N) is 2. The number of hydrogen-bond donors (Lipinski definition) is 0. The molecule has 1 heterocycles. The van der Waals surface area contributed by atoms with E-state index in [1.807, 2.05) is 42.7 Å². The van der Waals surface area contributed by atoms with Gasteiger partial charge in [-0.05, 0) is 31.2 Å². The van der Waals surface area contributed by atoms with Gasteiger partial charge in [0.05, 0.1) is 21.6 Å². The largest absolute Gasteiger partial charge is 0.417 e. The Bertz CT molecular complexity index is 864. The van der Waals surface area contributed by atoms with Crippen molar-refractivity contribution in [3.8, 4) is 5.69 Å². The van der Waals surface area contributed by atoms with Crippen LogP contribution in [-0.2, 0) is 12.6 Å². The van der Waals surface area contributed by atoms with Crippen molar-refractivity contribution in [2.24, 2.45) is 0 Å². The predicted molar refractivity (Wildman–Crippen MR) is 85.2 cm³/mol. The number of fused-ring (bicyclic) bond motifs is 1. The Hall–Kier alpha value is -2.01. The lowest BCUT2D eigenvalue weighted by molar-refractivity contribution is -0.137. The molecule has 0 spiro atoms. The highest BCUT2D eigenvalue weighted by molar-refractivity contribution is 6.32. The zero-order chi connectivity index (χ0) is 16.8. The van der Waals surface area contributed by atoms with Gasteiger partial charge >= 0.3 is 6.18 Å². The molecule has 23 heavy (non-hydrogen) atoms. The van der Waals surface area contributed by atoms with E-state index in [9.17, 15) is 13.2 Å². The molecule has 2 aromatic carbocycles. The monoisotopic (exact) mass is 338 g/mol. The van der Waals surface area contributed by atoms with Crippen molar-refractivity contribution in [2.45, 2.75) is 26.4 Å². The summed E-state index contributed by atoms with van der Waals surface area (Å²) in [6.07, 6.45) is -3.90. The number of aryl methyl sites for hydroxylation is 2. The number of aromatic nitrogens is 2. The maximum absolute atomic E-state index is 13.0. The SMILES string of the molecule is CCc1nc2cc(C(F)(F)F)c(Cl)cc2n1-c1ccc(C)cc1. The minimum Gasteiger partial charge on any atom is -0.296 e. The van der Waals surface area contributed by atoms with E-state index >= 15 is 0 Å². The van der Waals surface area contributed by atoms with E-state index in [1.54, 1.807) is 0 Å². The summed E-state index contributed by atoms with van der Waals surface area (Å²) in [5.74, 6) is 0.694. The average Bonchev–Trinajstić information content (AvgIpc) is 2.84. The number of hydrogen-bond acceptors (Lipinski definition) is 1. The third kappa shape index (κ3) is 2.81. The molecular weight excluding hydrogens is 325 g/mol. The Morgan fingerprint density at radius 1 is 1.13 bits per heavy atom. The molecule has 0 aliphatic heterocycles. The first-order valence-corrected chi connectivity index (χ1v) is 7.54. The molecule has 0 aliphatic rings. The maximum atomic E-state index is 13.0. The number of halogens is 4. The van der Waals surface area contributed by atoms with E-state index < -0.39 is 11.7 Å². The average molecular weight is 339 g/mol. The molecule has 3 rings (SSSR count). The number of rotatable bonds is 2. The molecule has 0 bridgehead atoms. The zero-order valence-electron chi connectivity index (χ0n) is 12.6. The molecule has 6 heteroatoms. The van der Waals surface area contributed by atoms with Crippen LogP contribution < -0.4 is 0 Å². The van der Waals surface area contributed by atoms with Gasteiger partial charge in [0.25, 0.3) is 0 Å². The van der Waals surface area contributed by atoms with Gasteiger partial charge in [0.2, 0.25) is 0 Å². The van der Waals surface area contributed by atoms with Crippen molar-refractivity contribution in [3.63, 3.8) is 0 Å². The molecule has 2 nitrogen and oxygen atoms in total. The van der Waals surface area contributed by atoms with Crippen molar-refractivity contribution in [1.29, 1.82) is 0 Å². The highest BCUT2D eigenvalue weighted by Gasteiger charge is 2.34. The molecule has 0 saturated carbocycles. The Morgan fingerprint density at radius 2 is 1.78 bits per heavy atom. The molecule has 120 valence electrons. The smallest absolute Gasteiger partial charge is 0.296 e. The molecule has 1 aromatic heterocycles. The number of imidazole rings is 1. The van der Waals surface area contributed by atoms with E-state index in [0.29, 0.717) is 23.3 Å². The fraction of sp³-hybridized carbons (Fsp3) is 0.235. The standard InChI is InChI=1S/C17H14ClF3N2/c1-3-16-22-14-8-12(17(19,20)21)13(18)9-15(14)23(16)11-6-4-10(2)5-7-11/h4-9H,3H2,1-2H3. The van der Waals surface area contributed by atoms with Gasteiger partial charge in [-0.1, -0.05) is 36.2 Å². The molecule has 0 fully saturated rings. The second kappa shape index (κ2) is 5.57. The van der Waals surface area contributed by atoms with Gasteiger partial charge in [-0.3, -0.25) is 4.57 Å². The van der Waals surface area contributed by atoms with Crippen molar-refractivity contribution in [3.05, 3.63) is 58.4 Å². The predicted octanol–water partition coefficient (Wildman–Crippen LogP) is 5.57. The van der Waals surface area contributed by atoms with E-state index in [-0.39, 0.29) is 5.02 Å². The molecule has 0 unspecified atom stereocenters. The summed E-state index contributed by atoms with van der Waals surface area (Å²) in [4.78, 5) is 4.35. The first kappa shape index (κ1) is 15.9. The van der Waals surface area contributed by atoms with Crippen LogP contribution in [0.25, 0.3) is 16.7 Å². The van der Waals surface area contributed by atoms with Gasteiger partial charge in [0.15, 0.2) is 0 Å². The van der Waals surface area contributed by atoms with Gasteiger partial charge in [-0.2, -0.15) is 13.2 Å². The van der Waals surface area contributed by atoms with Gasteiger partial charge < -0.3 is 0 Å². The number of alkyl halides is 3. The van der Waals surface area contributed by atoms with Crippen LogP contribution in [0.5, 0.6) is 0 Å². The molecule has 0 aliphatic carbocycles. The highest BCUT2D eigenvalue weighted by atomic mass is 35.5. The van der Waals surface area contributed by atoms with Crippen LogP contribution in [-0.4, -0.2) is 9.55 Å². The summed E-state index contributed by atoms with van der Waals surface area (Å²) in [5.41, 5.74) is 1.96. The van der Waals surface area contributed by atoms with E-state index in [0.717, 1.165) is 17.3 Å². The first-order chi connectivity index (χ1) is 10.8. The van der Waals surface area contributed by atoms with Crippen molar-refractivity contribution in [2.75, 3.05) is 0 Å². The summed E-state index contributed by atoms with van der Waals surface area (Å²) < 4.78 is 40.9. The molecular formula is C17H14ClF3N2. The minimum atomic E-state index is -4.49. The molecule has 0 atom stereocenters. The second-order valence-electron chi connectivity index (χ2n) is 5.37. The Kier molecular flexibility index (Phi) is 3.84. The van der Waals surface area contributed by atoms with Crippen LogP contribution in [0.1, 0.15) is 23.9 Å². The molecule has 0 amide bonds. The Morgan fingerprint density at radius 3 is 2.35 bits per heavy atom. The fourth-order valence-electron chi connectivity index (χ4n) is 2.58. The lowest BCUT2D eigenvalue weighted by Crippen LogP contribution is -2.06. The second-order valence-corrected chi connectivity index (χ2v) is 5.78. The Labute approximate surface area is 136 Å². The lowest BCUT2D eigenvalue weighted by atomic mass is 10.2. The van der Waals surface area contributed by atoms with E-state index in [1.165, 1.54) is 6.07 Å². The molecule has 3 aromatic rings. The van der Waals surface area contributed by atoms with E-state index in [2.05, 4.69) is 4.98 Å². The van der Waals surface area contributed by atoms with Gasteiger partial charge in [-0.15, -0.1) is 0 Å². The van der Waals surface area contributed by atoms with Crippen LogP contribution in [0.15, 0.2) is 36.4 Å². The third-order valence-electron chi connectivity index (χ3n) is 3.73. The quantitative estimate of drug-likeness (QED) is 0.597. The van der Waals surface area contributed by atoms with Crippen LogP contribution in [0.2, 0.25) is 5.02 Å². The Balaban J connectivity index is 2.29. The molecule has 0 radical (unpaired) electrons. The topological polar surface area (TPSA) is 17.8 Å². The van der Waals surface area contributed by atoms with E-state index in [4.69, 9.17) is 11.6 Å². The molecule has 0 saturated heterocycles. The van der Waals surface area contributed by atoms with Crippen molar-refractivity contribution in [1.82, 2.24) is 9.55 Å². The van der Waals surface area contributed by atoms with Crippen LogP contribution in [0.4, 0.5) is 13.2 Å². The van der Waals surface area contributed by atoms with Crippen LogP contribution in [0, 0.1) is 6.92 Å². The maximum Gasteiger partial charge on any atom is 0.417 e. The third-order valence-corrected chi connectivity index (χ3v) is 4.04. The summed E-state index contributed by atoms with van der Waals surface area (Å²) in [7, 11) is 0. The summed E-state index contributed by atoms with van der Waals surface area (Å²) in [5, 5.41) is -0.319. The summed E-state index contributed by atoms with van der Waals surface area (Å²) in [6, 6.07) is 10.1. The summed E-state index contributed by atoms with van der Waals surface area (Å²) >= 11 is 5.86. The van der Waals surface area contributed by atoms with Gasteiger partial charge in [0, 0.05) is 12.1 Å². The van der Waals surface area contributed by atoms with Crippen LogP contribution in [0.3, 0.4) is 0 Å².